The van der Waals surface area contributed by atoms with Gasteiger partial charge in [0.2, 0.25) is 0 Å². The second-order valence-corrected chi connectivity index (χ2v) is 4.45. The van der Waals surface area contributed by atoms with Crippen molar-refractivity contribution in [2.24, 2.45) is 4.99 Å². The first-order chi connectivity index (χ1) is 10.0. The van der Waals surface area contributed by atoms with Gasteiger partial charge >= 0.3 is 6.61 Å². The fourth-order valence-electron chi connectivity index (χ4n) is 1.74. The minimum atomic E-state index is -2.82. The molecule has 0 spiro atoms. The number of ether oxygens (including phenoxy) is 2. The smallest absolute Gasteiger partial charge is 0.387 e. The minimum absolute atomic E-state index is 0. The van der Waals surface area contributed by atoms with Crippen molar-refractivity contribution < 1.29 is 18.3 Å². The molecule has 126 valence electrons. The molecule has 0 saturated carbocycles. The number of hydrogen-bond acceptors (Lipinski definition) is 3. The second kappa shape index (κ2) is 11.4. The Morgan fingerprint density at radius 1 is 1.36 bits per heavy atom. The van der Waals surface area contributed by atoms with E-state index in [-0.39, 0.29) is 35.8 Å². The van der Waals surface area contributed by atoms with Gasteiger partial charge in [-0.05, 0) is 24.6 Å². The van der Waals surface area contributed by atoms with E-state index in [0.717, 1.165) is 5.56 Å². The molecule has 0 radical (unpaired) electrons. The van der Waals surface area contributed by atoms with Crippen LogP contribution in [0.1, 0.15) is 12.5 Å². The van der Waals surface area contributed by atoms with Crippen molar-refractivity contribution in [3.05, 3.63) is 29.8 Å². The van der Waals surface area contributed by atoms with Gasteiger partial charge in [-0.2, -0.15) is 8.78 Å². The molecular formula is C14H22F2IN3O2. The summed E-state index contributed by atoms with van der Waals surface area (Å²) >= 11 is 0. The zero-order valence-corrected chi connectivity index (χ0v) is 15.1. The molecule has 0 amide bonds. The average molecular weight is 429 g/mol. The van der Waals surface area contributed by atoms with Crippen LogP contribution in [-0.2, 0) is 11.3 Å². The summed E-state index contributed by atoms with van der Waals surface area (Å²) in [5, 5.41) is 6.24. The van der Waals surface area contributed by atoms with E-state index < -0.39 is 6.61 Å². The van der Waals surface area contributed by atoms with Crippen molar-refractivity contribution in [2.45, 2.75) is 26.1 Å². The Hall–Kier alpha value is -1.16. The molecule has 0 aliphatic rings. The van der Waals surface area contributed by atoms with Crippen molar-refractivity contribution in [1.82, 2.24) is 10.6 Å². The Bertz CT molecular complexity index is 461. The second-order valence-electron chi connectivity index (χ2n) is 4.45. The monoisotopic (exact) mass is 429 g/mol. The lowest BCUT2D eigenvalue weighted by atomic mass is 10.2. The molecule has 1 rings (SSSR count). The summed E-state index contributed by atoms with van der Waals surface area (Å²) in [7, 11) is 3.29. The highest BCUT2D eigenvalue weighted by Crippen LogP contribution is 2.15. The van der Waals surface area contributed by atoms with Gasteiger partial charge in [-0.3, -0.25) is 4.99 Å². The van der Waals surface area contributed by atoms with Gasteiger partial charge in [0.15, 0.2) is 5.96 Å². The van der Waals surface area contributed by atoms with E-state index in [0.29, 0.717) is 19.1 Å². The number of hydrogen-bond donors (Lipinski definition) is 2. The van der Waals surface area contributed by atoms with E-state index >= 15 is 0 Å². The molecule has 1 atom stereocenters. The Morgan fingerprint density at radius 3 is 2.68 bits per heavy atom. The third-order valence-corrected chi connectivity index (χ3v) is 2.61. The molecule has 0 saturated heterocycles. The third-order valence-electron chi connectivity index (χ3n) is 2.61. The minimum Gasteiger partial charge on any atom is -0.435 e. The first-order valence-corrected chi connectivity index (χ1v) is 6.55. The predicted molar refractivity (Wildman–Crippen MR) is 93.2 cm³/mol. The van der Waals surface area contributed by atoms with E-state index in [1.54, 1.807) is 26.3 Å². The number of methoxy groups -OCH3 is 1. The highest BCUT2D eigenvalue weighted by atomic mass is 127. The number of guanidine groups is 1. The number of rotatable bonds is 7. The van der Waals surface area contributed by atoms with E-state index in [1.165, 1.54) is 6.07 Å². The number of halogens is 3. The molecule has 1 unspecified atom stereocenters. The van der Waals surface area contributed by atoms with Gasteiger partial charge in [0, 0.05) is 26.7 Å². The zero-order chi connectivity index (χ0) is 15.7. The van der Waals surface area contributed by atoms with Crippen LogP contribution >= 0.6 is 24.0 Å². The largest absolute Gasteiger partial charge is 0.435 e. The van der Waals surface area contributed by atoms with Crippen molar-refractivity contribution >= 4 is 29.9 Å². The number of nitrogens with one attached hydrogen (secondary N) is 2. The van der Waals surface area contributed by atoms with Crippen molar-refractivity contribution in [2.75, 3.05) is 20.8 Å². The summed E-state index contributed by atoms with van der Waals surface area (Å²) in [5.41, 5.74) is 0.815. The maximum absolute atomic E-state index is 12.2. The molecule has 0 bridgehead atoms. The van der Waals surface area contributed by atoms with E-state index in [1.807, 2.05) is 13.0 Å². The number of aliphatic imine (C=N–C) groups is 1. The number of nitrogens with zero attached hydrogens (tertiary/aromatic N) is 1. The zero-order valence-electron chi connectivity index (χ0n) is 12.8. The van der Waals surface area contributed by atoms with Crippen LogP contribution in [0.5, 0.6) is 5.75 Å². The van der Waals surface area contributed by atoms with Crippen molar-refractivity contribution in [1.29, 1.82) is 0 Å². The summed E-state index contributed by atoms with van der Waals surface area (Å²) in [4.78, 5) is 4.08. The Morgan fingerprint density at radius 2 is 2.09 bits per heavy atom. The van der Waals surface area contributed by atoms with Crippen LogP contribution in [0.15, 0.2) is 29.3 Å². The molecule has 8 heteroatoms. The van der Waals surface area contributed by atoms with Crippen LogP contribution < -0.4 is 15.4 Å². The van der Waals surface area contributed by atoms with Gasteiger partial charge in [-0.1, -0.05) is 12.1 Å². The van der Waals surface area contributed by atoms with Crippen molar-refractivity contribution in [3.8, 4) is 5.75 Å². The highest BCUT2D eigenvalue weighted by Gasteiger charge is 2.06. The predicted octanol–water partition coefficient (Wildman–Crippen LogP) is 2.61. The van der Waals surface area contributed by atoms with E-state index in [4.69, 9.17) is 4.74 Å². The van der Waals surface area contributed by atoms with Gasteiger partial charge in [0.25, 0.3) is 0 Å². The molecule has 0 fully saturated rings. The molecule has 0 heterocycles. The molecule has 5 nitrogen and oxygen atoms in total. The molecular weight excluding hydrogens is 407 g/mol. The first-order valence-electron chi connectivity index (χ1n) is 6.55. The average Bonchev–Trinajstić information content (AvgIpc) is 2.43. The third kappa shape index (κ3) is 8.32. The van der Waals surface area contributed by atoms with Gasteiger partial charge in [0.1, 0.15) is 5.75 Å². The summed E-state index contributed by atoms with van der Waals surface area (Å²) in [6, 6.07) is 6.64. The number of alkyl halides is 2. The lowest BCUT2D eigenvalue weighted by Crippen LogP contribution is -2.43. The van der Waals surface area contributed by atoms with Crippen LogP contribution in [0.4, 0.5) is 8.78 Å². The molecule has 0 aliphatic heterocycles. The Kier molecular flexibility index (Phi) is 10.8. The van der Waals surface area contributed by atoms with E-state index in [2.05, 4.69) is 20.4 Å². The number of benzene rings is 1. The van der Waals surface area contributed by atoms with Crippen LogP contribution in [0, 0.1) is 0 Å². The maximum atomic E-state index is 12.2. The van der Waals surface area contributed by atoms with Gasteiger partial charge < -0.3 is 20.1 Å². The Balaban J connectivity index is 0.00000441. The van der Waals surface area contributed by atoms with E-state index in [9.17, 15) is 8.78 Å². The molecule has 2 N–H and O–H groups in total. The molecule has 0 aliphatic carbocycles. The maximum Gasteiger partial charge on any atom is 0.387 e. The quantitative estimate of drug-likeness (QED) is 0.398. The summed E-state index contributed by atoms with van der Waals surface area (Å²) < 4.78 is 33.7. The van der Waals surface area contributed by atoms with Gasteiger partial charge in [-0.25, -0.2) is 0 Å². The summed E-state index contributed by atoms with van der Waals surface area (Å²) in [5.74, 6) is 0.750. The fraction of sp³-hybridized carbons (Fsp3) is 0.500. The lowest BCUT2D eigenvalue weighted by molar-refractivity contribution is -0.0498. The summed E-state index contributed by atoms with van der Waals surface area (Å²) in [6.45, 7) is 0.142. The molecule has 22 heavy (non-hydrogen) atoms. The fourth-order valence-corrected chi connectivity index (χ4v) is 1.74. The van der Waals surface area contributed by atoms with Crippen LogP contribution in [0.2, 0.25) is 0 Å². The molecule has 0 aromatic heterocycles. The SMILES string of the molecule is CN=C(NCc1cccc(OC(F)F)c1)NC(C)COC.I. The topological polar surface area (TPSA) is 54.9 Å². The van der Waals surface area contributed by atoms with Gasteiger partial charge in [0.05, 0.1) is 6.61 Å². The normalized spacial score (nSPS) is 12.5. The lowest BCUT2D eigenvalue weighted by Gasteiger charge is -2.17. The molecule has 1 aromatic carbocycles. The standard InChI is InChI=1S/C14H21F2N3O2.HI/c1-10(9-20-3)19-14(17-2)18-8-11-5-4-6-12(7-11)21-13(15)16;/h4-7,10,13H,8-9H2,1-3H3,(H2,17,18,19);1H. The van der Waals surface area contributed by atoms with Crippen LogP contribution in [0.25, 0.3) is 0 Å². The van der Waals surface area contributed by atoms with Crippen LogP contribution in [-0.4, -0.2) is 39.4 Å². The highest BCUT2D eigenvalue weighted by molar-refractivity contribution is 14.0. The van der Waals surface area contributed by atoms with Gasteiger partial charge in [-0.15, -0.1) is 24.0 Å². The van der Waals surface area contributed by atoms with Crippen LogP contribution in [0.3, 0.4) is 0 Å². The first kappa shape index (κ1) is 20.8. The van der Waals surface area contributed by atoms with Crippen molar-refractivity contribution in [3.63, 3.8) is 0 Å². The Labute approximate surface area is 146 Å². The summed E-state index contributed by atoms with van der Waals surface area (Å²) in [6.07, 6.45) is 0. The molecule has 1 aromatic rings.